The van der Waals surface area contributed by atoms with Gasteiger partial charge in [-0.3, -0.25) is 0 Å². The van der Waals surface area contributed by atoms with E-state index >= 15 is 0 Å². The number of benzene rings is 1. The molecular formula is C18H17ClN4O. The number of hydrogen-bond donors (Lipinski definition) is 1. The Morgan fingerprint density at radius 2 is 2.04 bits per heavy atom. The van der Waals surface area contributed by atoms with Crippen molar-refractivity contribution < 1.29 is 4.73 Å². The minimum absolute atomic E-state index is 0.636. The molecule has 122 valence electrons. The van der Waals surface area contributed by atoms with Crippen LogP contribution in [-0.4, -0.2) is 16.5 Å². The molecule has 0 aliphatic carbocycles. The zero-order chi connectivity index (χ0) is 16.9. The molecular weight excluding hydrogens is 324 g/mol. The molecule has 0 saturated carbocycles. The lowest BCUT2D eigenvalue weighted by atomic mass is 10.2. The van der Waals surface area contributed by atoms with Crippen molar-refractivity contribution in [1.29, 1.82) is 0 Å². The number of halogens is 1. The van der Waals surface area contributed by atoms with Crippen LogP contribution in [0, 0.1) is 12.1 Å². The molecule has 0 amide bonds. The average molecular weight is 341 g/mol. The van der Waals surface area contributed by atoms with Crippen LogP contribution in [-0.2, 0) is 6.42 Å². The van der Waals surface area contributed by atoms with Crippen molar-refractivity contribution in [2.24, 2.45) is 0 Å². The molecule has 6 heteroatoms. The fourth-order valence-electron chi connectivity index (χ4n) is 2.40. The van der Waals surface area contributed by atoms with Gasteiger partial charge in [0, 0.05) is 40.5 Å². The summed E-state index contributed by atoms with van der Waals surface area (Å²) in [5.74, 6) is 1.39. The van der Waals surface area contributed by atoms with Gasteiger partial charge in [0.1, 0.15) is 5.82 Å². The fourth-order valence-corrected chi connectivity index (χ4v) is 2.59. The van der Waals surface area contributed by atoms with E-state index in [2.05, 4.69) is 15.3 Å². The number of aryl methyl sites for hydroxylation is 1. The van der Waals surface area contributed by atoms with Crippen LogP contribution in [0.25, 0.3) is 11.4 Å². The highest BCUT2D eigenvalue weighted by Crippen LogP contribution is 2.21. The first kappa shape index (κ1) is 16.2. The Morgan fingerprint density at radius 3 is 2.83 bits per heavy atom. The lowest BCUT2D eigenvalue weighted by Gasteiger charge is -2.09. The van der Waals surface area contributed by atoms with Gasteiger partial charge in [-0.1, -0.05) is 23.7 Å². The number of hydrogen-bond acceptors (Lipinski definition) is 4. The van der Waals surface area contributed by atoms with E-state index in [0.29, 0.717) is 17.4 Å². The Labute approximate surface area is 145 Å². The van der Waals surface area contributed by atoms with E-state index in [1.807, 2.05) is 43.3 Å². The van der Waals surface area contributed by atoms with Crippen LogP contribution in [0.3, 0.4) is 0 Å². The van der Waals surface area contributed by atoms with Gasteiger partial charge in [-0.2, -0.15) is 4.73 Å². The van der Waals surface area contributed by atoms with Crippen molar-refractivity contribution in [3.05, 3.63) is 76.3 Å². The minimum atomic E-state index is 0.636. The molecule has 2 aromatic heterocycles. The van der Waals surface area contributed by atoms with Gasteiger partial charge in [-0.15, -0.1) is 0 Å². The number of anilines is 1. The predicted octanol–water partition coefficient (Wildman–Crippen LogP) is 3.39. The van der Waals surface area contributed by atoms with Gasteiger partial charge in [-0.25, -0.2) is 9.97 Å². The Bertz CT molecular complexity index is 854. The maximum Gasteiger partial charge on any atom is 0.183 e. The topological polar surface area (TPSA) is 64.8 Å². The molecule has 0 spiro atoms. The number of aromatic nitrogens is 3. The first-order valence-corrected chi connectivity index (χ1v) is 8.01. The van der Waals surface area contributed by atoms with Crippen molar-refractivity contribution in [3.63, 3.8) is 0 Å². The van der Waals surface area contributed by atoms with E-state index in [-0.39, 0.29) is 0 Å². The third kappa shape index (κ3) is 4.20. The van der Waals surface area contributed by atoms with E-state index in [9.17, 15) is 5.21 Å². The summed E-state index contributed by atoms with van der Waals surface area (Å²) in [6.45, 7) is 2.61. The monoisotopic (exact) mass is 340 g/mol. The Balaban J connectivity index is 1.72. The zero-order valence-electron chi connectivity index (χ0n) is 13.2. The Morgan fingerprint density at radius 1 is 1.17 bits per heavy atom. The highest BCUT2D eigenvalue weighted by atomic mass is 35.5. The van der Waals surface area contributed by atoms with Crippen molar-refractivity contribution in [1.82, 2.24) is 9.97 Å². The maximum absolute atomic E-state index is 11.3. The van der Waals surface area contributed by atoms with E-state index in [4.69, 9.17) is 11.6 Å². The molecule has 0 unspecified atom stereocenters. The van der Waals surface area contributed by atoms with E-state index in [0.717, 1.165) is 33.8 Å². The van der Waals surface area contributed by atoms with Crippen molar-refractivity contribution in [2.75, 3.05) is 11.9 Å². The summed E-state index contributed by atoms with van der Waals surface area (Å²) in [7, 11) is 0. The van der Waals surface area contributed by atoms with E-state index in [1.165, 1.54) is 6.20 Å². The molecule has 0 fully saturated rings. The molecule has 5 nitrogen and oxygen atoms in total. The second-order valence-electron chi connectivity index (χ2n) is 5.48. The van der Waals surface area contributed by atoms with Gasteiger partial charge in [-0.05, 0) is 31.5 Å². The summed E-state index contributed by atoms with van der Waals surface area (Å²) in [4.78, 5) is 9.01. The molecule has 0 aliphatic rings. The number of nitrogens with one attached hydrogen (secondary N) is 1. The Hall–Kier alpha value is -2.66. The molecule has 24 heavy (non-hydrogen) atoms. The zero-order valence-corrected chi connectivity index (χ0v) is 14.0. The molecule has 3 rings (SSSR count). The molecule has 0 aliphatic heterocycles. The third-order valence-electron chi connectivity index (χ3n) is 3.49. The third-order valence-corrected chi connectivity index (χ3v) is 3.73. The second-order valence-corrected chi connectivity index (χ2v) is 5.91. The minimum Gasteiger partial charge on any atom is -0.619 e. The second kappa shape index (κ2) is 7.27. The van der Waals surface area contributed by atoms with E-state index < -0.39 is 0 Å². The van der Waals surface area contributed by atoms with Crippen LogP contribution in [0.15, 0.2) is 54.9 Å². The molecule has 0 saturated heterocycles. The van der Waals surface area contributed by atoms with Crippen LogP contribution in [0.5, 0.6) is 0 Å². The van der Waals surface area contributed by atoms with Crippen LogP contribution in [0.4, 0.5) is 5.82 Å². The predicted molar refractivity (Wildman–Crippen MR) is 94.8 cm³/mol. The number of pyridine rings is 1. The standard InChI is InChI=1S/C18H17ClN4O/c1-13-10-17(20-8-7-14-4-3-9-23(24)12-14)22-18(21-13)15-5-2-6-16(19)11-15/h2-6,9-12H,7-8H2,1H3,(H,20,21,22). The summed E-state index contributed by atoms with van der Waals surface area (Å²) in [6, 6.07) is 13.0. The maximum atomic E-state index is 11.3. The first-order valence-electron chi connectivity index (χ1n) is 7.63. The van der Waals surface area contributed by atoms with Crippen LogP contribution < -0.4 is 10.0 Å². The van der Waals surface area contributed by atoms with Crippen molar-refractivity contribution in [2.45, 2.75) is 13.3 Å². The van der Waals surface area contributed by atoms with Crippen molar-refractivity contribution >= 4 is 17.4 Å². The smallest absolute Gasteiger partial charge is 0.183 e. The summed E-state index contributed by atoms with van der Waals surface area (Å²) >= 11 is 6.04. The van der Waals surface area contributed by atoms with Gasteiger partial charge in [0.15, 0.2) is 18.2 Å². The highest BCUT2D eigenvalue weighted by Gasteiger charge is 2.06. The SMILES string of the molecule is Cc1cc(NCCc2ccc[n+]([O-])c2)nc(-c2cccc(Cl)c2)n1. The summed E-state index contributed by atoms with van der Waals surface area (Å²) in [5, 5.41) is 15.2. The summed E-state index contributed by atoms with van der Waals surface area (Å²) < 4.78 is 0.807. The Kier molecular flexibility index (Phi) is 4.91. The molecule has 1 aromatic carbocycles. The molecule has 0 bridgehead atoms. The number of nitrogens with zero attached hydrogens (tertiary/aromatic N) is 3. The fraction of sp³-hybridized carbons (Fsp3) is 0.167. The largest absolute Gasteiger partial charge is 0.619 e. The van der Waals surface area contributed by atoms with Gasteiger partial charge in [0.25, 0.3) is 0 Å². The van der Waals surface area contributed by atoms with Crippen LogP contribution in [0.1, 0.15) is 11.3 Å². The molecule has 0 radical (unpaired) electrons. The van der Waals surface area contributed by atoms with Crippen LogP contribution in [0.2, 0.25) is 5.02 Å². The van der Waals surface area contributed by atoms with Crippen LogP contribution >= 0.6 is 11.6 Å². The normalized spacial score (nSPS) is 10.6. The lowest BCUT2D eigenvalue weighted by molar-refractivity contribution is -0.605. The number of rotatable bonds is 5. The van der Waals surface area contributed by atoms with Gasteiger partial charge in [0.2, 0.25) is 0 Å². The molecule has 2 heterocycles. The van der Waals surface area contributed by atoms with Crippen molar-refractivity contribution in [3.8, 4) is 11.4 Å². The lowest BCUT2D eigenvalue weighted by Crippen LogP contribution is -2.25. The van der Waals surface area contributed by atoms with Gasteiger partial charge < -0.3 is 10.5 Å². The first-order chi connectivity index (χ1) is 11.6. The summed E-state index contributed by atoms with van der Waals surface area (Å²) in [5.41, 5.74) is 2.73. The average Bonchev–Trinajstić information content (AvgIpc) is 2.54. The quantitative estimate of drug-likeness (QED) is 0.571. The molecule has 0 atom stereocenters. The molecule has 3 aromatic rings. The highest BCUT2D eigenvalue weighted by molar-refractivity contribution is 6.30. The van der Waals surface area contributed by atoms with Gasteiger partial charge >= 0.3 is 0 Å². The summed E-state index contributed by atoms with van der Waals surface area (Å²) in [6.07, 6.45) is 3.78. The van der Waals surface area contributed by atoms with Gasteiger partial charge in [0.05, 0.1) is 0 Å². The molecule has 1 N–H and O–H groups in total. The van der Waals surface area contributed by atoms with E-state index in [1.54, 1.807) is 12.3 Å².